The molecule has 0 amide bonds. The molecule has 26 heavy (non-hydrogen) atoms. The third kappa shape index (κ3) is 2.60. The lowest BCUT2D eigenvalue weighted by molar-refractivity contribution is 0.605. The highest BCUT2D eigenvalue weighted by atomic mass is 15.3. The van der Waals surface area contributed by atoms with Gasteiger partial charge in [0.25, 0.3) is 0 Å². The van der Waals surface area contributed by atoms with Crippen molar-refractivity contribution in [3.05, 3.63) is 65.7 Å². The number of allylic oxidation sites excluding steroid dienone is 3. The first kappa shape index (κ1) is 15.3. The highest BCUT2D eigenvalue weighted by molar-refractivity contribution is 5.67. The van der Waals surface area contributed by atoms with Crippen LogP contribution >= 0.6 is 0 Å². The zero-order valence-corrected chi connectivity index (χ0v) is 14.8. The molecule has 0 bridgehead atoms. The van der Waals surface area contributed by atoms with Crippen LogP contribution in [0.15, 0.2) is 60.1 Å². The number of hydrogen-bond acceptors (Lipinski definition) is 4. The summed E-state index contributed by atoms with van der Waals surface area (Å²) in [4.78, 5) is 9.05. The summed E-state index contributed by atoms with van der Waals surface area (Å²) >= 11 is 0. The zero-order valence-electron chi connectivity index (χ0n) is 14.8. The van der Waals surface area contributed by atoms with Gasteiger partial charge in [-0.05, 0) is 50.3 Å². The fourth-order valence-electron chi connectivity index (χ4n) is 3.95. The van der Waals surface area contributed by atoms with Crippen molar-refractivity contribution in [2.24, 2.45) is 0 Å². The van der Waals surface area contributed by atoms with Gasteiger partial charge in [-0.2, -0.15) is 9.61 Å². The van der Waals surface area contributed by atoms with Crippen LogP contribution in [0.25, 0.3) is 16.9 Å². The van der Waals surface area contributed by atoms with E-state index in [1.165, 1.54) is 12.0 Å². The Bertz CT molecular complexity index is 1030. The maximum Gasteiger partial charge on any atom is 0.160 e. The minimum absolute atomic E-state index is 0.424. The van der Waals surface area contributed by atoms with Crippen molar-refractivity contribution >= 4 is 11.5 Å². The van der Waals surface area contributed by atoms with Gasteiger partial charge in [-0.25, -0.2) is 4.98 Å². The van der Waals surface area contributed by atoms with Crippen LogP contribution in [0, 0.1) is 6.92 Å². The molecule has 3 heterocycles. The van der Waals surface area contributed by atoms with Crippen molar-refractivity contribution in [2.75, 3.05) is 5.32 Å². The van der Waals surface area contributed by atoms with Crippen LogP contribution in [-0.2, 0) is 0 Å². The van der Waals surface area contributed by atoms with Gasteiger partial charge in [-0.1, -0.05) is 17.7 Å². The highest BCUT2D eigenvalue weighted by Gasteiger charge is 2.22. The third-order valence-corrected chi connectivity index (χ3v) is 5.36. The van der Waals surface area contributed by atoms with E-state index in [9.17, 15) is 0 Å². The molecule has 5 heteroatoms. The normalized spacial score (nSPS) is 19.2. The maximum absolute atomic E-state index is 4.81. The van der Waals surface area contributed by atoms with Crippen molar-refractivity contribution in [3.8, 4) is 11.3 Å². The fourth-order valence-corrected chi connectivity index (χ4v) is 3.95. The summed E-state index contributed by atoms with van der Waals surface area (Å²) in [6.07, 6.45) is 14.7. The van der Waals surface area contributed by atoms with Crippen molar-refractivity contribution in [1.29, 1.82) is 0 Å². The molecule has 0 radical (unpaired) electrons. The van der Waals surface area contributed by atoms with Gasteiger partial charge in [-0.3, -0.25) is 4.98 Å². The molecule has 1 N–H and O–H groups in total. The second-order valence-corrected chi connectivity index (χ2v) is 7.15. The van der Waals surface area contributed by atoms with Gasteiger partial charge in [0.1, 0.15) is 5.82 Å². The molecule has 1 unspecified atom stereocenters. The lowest BCUT2D eigenvalue weighted by Crippen LogP contribution is -2.24. The Hall–Kier alpha value is -2.95. The van der Waals surface area contributed by atoms with Crippen LogP contribution in [0.5, 0.6) is 0 Å². The van der Waals surface area contributed by atoms with Crippen molar-refractivity contribution in [3.63, 3.8) is 0 Å². The van der Waals surface area contributed by atoms with Crippen molar-refractivity contribution in [2.45, 2.75) is 38.6 Å². The summed E-state index contributed by atoms with van der Waals surface area (Å²) in [6, 6.07) is 6.50. The summed E-state index contributed by atoms with van der Waals surface area (Å²) < 4.78 is 1.92. The predicted octanol–water partition coefficient (Wildman–Crippen LogP) is 4.32. The van der Waals surface area contributed by atoms with E-state index in [2.05, 4.69) is 33.6 Å². The number of fused-ring (bicyclic) bond motifs is 1. The molecule has 0 saturated heterocycles. The van der Waals surface area contributed by atoms with Crippen LogP contribution < -0.4 is 5.32 Å². The Morgan fingerprint density at radius 2 is 2.23 bits per heavy atom. The summed E-state index contributed by atoms with van der Waals surface area (Å²) in [5.74, 6) is 0.998. The molecule has 3 aromatic heterocycles. The first-order chi connectivity index (χ1) is 12.8. The highest BCUT2D eigenvalue weighted by Crippen LogP contribution is 2.34. The van der Waals surface area contributed by atoms with Crippen LogP contribution in [0.3, 0.4) is 0 Å². The molecule has 0 spiro atoms. The topological polar surface area (TPSA) is 55.1 Å². The second kappa shape index (κ2) is 6.09. The number of aryl methyl sites for hydroxylation is 1. The molecule has 0 fully saturated rings. The van der Waals surface area contributed by atoms with Crippen LogP contribution in [0.1, 0.15) is 31.2 Å². The van der Waals surface area contributed by atoms with Crippen LogP contribution in [-0.4, -0.2) is 25.6 Å². The van der Waals surface area contributed by atoms with E-state index in [1.807, 2.05) is 36.0 Å². The van der Waals surface area contributed by atoms with E-state index in [0.717, 1.165) is 47.5 Å². The maximum atomic E-state index is 4.81. The molecule has 0 aliphatic heterocycles. The Balaban J connectivity index is 1.53. The summed E-state index contributed by atoms with van der Waals surface area (Å²) in [5.41, 5.74) is 7.05. The zero-order chi connectivity index (χ0) is 17.5. The molecule has 1 atom stereocenters. The fraction of sp³-hybridized carbons (Fsp3) is 0.286. The summed E-state index contributed by atoms with van der Waals surface area (Å²) in [7, 11) is 0. The Kier molecular flexibility index (Phi) is 3.59. The van der Waals surface area contributed by atoms with Crippen LogP contribution in [0.4, 0.5) is 5.82 Å². The minimum atomic E-state index is 0.424. The van der Waals surface area contributed by atoms with E-state index < -0.39 is 0 Å². The lowest BCUT2D eigenvalue weighted by atomic mass is 9.90. The van der Waals surface area contributed by atoms with Gasteiger partial charge >= 0.3 is 0 Å². The molecular formula is C21H21N5. The number of pyridine rings is 1. The van der Waals surface area contributed by atoms with Gasteiger partial charge in [0.05, 0.1) is 11.9 Å². The first-order valence-electron chi connectivity index (χ1n) is 9.18. The number of nitrogens with one attached hydrogen (secondary N) is 1. The van der Waals surface area contributed by atoms with Gasteiger partial charge in [-0.15, -0.1) is 0 Å². The molecule has 5 rings (SSSR count). The predicted molar refractivity (Wildman–Crippen MR) is 103 cm³/mol. The van der Waals surface area contributed by atoms with E-state index >= 15 is 0 Å². The van der Waals surface area contributed by atoms with Gasteiger partial charge < -0.3 is 5.32 Å². The van der Waals surface area contributed by atoms with Gasteiger partial charge in [0.15, 0.2) is 5.65 Å². The molecule has 5 nitrogen and oxygen atoms in total. The molecule has 2 aliphatic rings. The van der Waals surface area contributed by atoms with E-state index in [-0.39, 0.29) is 0 Å². The van der Waals surface area contributed by atoms with Crippen molar-refractivity contribution < 1.29 is 0 Å². The SMILES string of the molecule is Cc1cnn2c(NC3CCC4=C(C=CC4)C3)cc(-c3cccnc3)nc12. The van der Waals surface area contributed by atoms with E-state index in [1.54, 1.807) is 11.8 Å². The Labute approximate surface area is 152 Å². The number of rotatable bonds is 3. The third-order valence-electron chi connectivity index (χ3n) is 5.36. The first-order valence-corrected chi connectivity index (χ1v) is 9.18. The molecule has 2 aliphatic carbocycles. The molecule has 3 aromatic rings. The quantitative estimate of drug-likeness (QED) is 0.769. The van der Waals surface area contributed by atoms with Crippen molar-refractivity contribution in [1.82, 2.24) is 19.6 Å². The Morgan fingerprint density at radius 1 is 1.27 bits per heavy atom. The van der Waals surface area contributed by atoms with Crippen LogP contribution in [0.2, 0.25) is 0 Å². The average molecular weight is 343 g/mol. The summed E-state index contributed by atoms with van der Waals surface area (Å²) in [6.45, 7) is 2.05. The molecular weight excluding hydrogens is 322 g/mol. The number of aromatic nitrogens is 4. The monoisotopic (exact) mass is 343 g/mol. The van der Waals surface area contributed by atoms with E-state index in [4.69, 9.17) is 4.98 Å². The summed E-state index contributed by atoms with van der Waals surface area (Å²) in [5, 5.41) is 8.27. The standard InChI is InChI=1S/C21H21N5/c1-14-12-23-26-20(24-18-8-7-15-4-2-5-16(15)10-18)11-19(25-21(14)26)17-6-3-9-22-13-17/h2-3,5-6,9,11-13,18,24H,4,7-8,10H2,1H3. The Morgan fingerprint density at radius 3 is 3.12 bits per heavy atom. The minimum Gasteiger partial charge on any atom is -0.367 e. The van der Waals surface area contributed by atoms with Gasteiger partial charge in [0, 0.05) is 35.6 Å². The smallest absolute Gasteiger partial charge is 0.160 e. The van der Waals surface area contributed by atoms with E-state index in [0.29, 0.717) is 6.04 Å². The number of hydrogen-bond donors (Lipinski definition) is 1. The largest absolute Gasteiger partial charge is 0.367 e. The lowest BCUT2D eigenvalue weighted by Gasteiger charge is -2.26. The molecule has 0 saturated carbocycles. The second-order valence-electron chi connectivity index (χ2n) is 7.15. The van der Waals surface area contributed by atoms with Gasteiger partial charge in [0.2, 0.25) is 0 Å². The number of anilines is 1. The average Bonchev–Trinajstić information content (AvgIpc) is 3.29. The molecule has 130 valence electrons. The molecule has 0 aromatic carbocycles. The number of nitrogens with zero attached hydrogens (tertiary/aromatic N) is 4.